The van der Waals surface area contributed by atoms with Gasteiger partial charge in [-0.3, -0.25) is 9.71 Å². The molecule has 2 N–H and O–H groups in total. The average Bonchev–Trinajstić information content (AvgIpc) is 3.57. The van der Waals surface area contributed by atoms with Crippen molar-refractivity contribution in [3.63, 3.8) is 0 Å². The highest BCUT2D eigenvalue weighted by Gasteiger charge is 2.42. The normalized spacial score (nSPS) is 16.9. The van der Waals surface area contributed by atoms with E-state index in [-0.39, 0.29) is 11.7 Å². The molecule has 1 saturated heterocycles. The Balaban J connectivity index is 1.57. The maximum Gasteiger partial charge on any atom is 0.337 e. The highest BCUT2D eigenvalue weighted by Crippen LogP contribution is 2.44. The number of ether oxygens (including phenoxy) is 2. The number of esters is 1. The standard InChI is InChI=1S/C28H26N4O6S2/c1-36-23-12-11-19(16-21(23)31-40(3,34)35)32-26(25(30-28(32)39)20-6-4-5-15-29-20)24-14-13-22(38-24)17-7-9-18(10-8-17)27(33)37-2/h4-16,25-26,31H,1-3H3,(H,30,39)/t25-,26+/m1/s1. The Morgan fingerprint density at radius 3 is 2.50 bits per heavy atom. The van der Waals surface area contributed by atoms with Gasteiger partial charge in [0.25, 0.3) is 0 Å². The summed E-state index contributed by atoms with van der Waals surface area (Å²) in [7, 11) is -0.775. The van der Waals surface area contributed by atoms with Crippen molar-refractivity contribution in [1.29, 1.82) is 0 Å². The van der Waals surface area contributed by atoms with Crippen LogP contribution in [-0.4, -0.2) is 45.0 Å². The minimum Gasteiger partial charge on any atom is -0.495 e. The van der Waals surface area contributed by atoms with Gasteiger partial charge in [-0.05, 0) is 66.8 Å². The van der Waals surface area contributed by atoms with Gasteiger partial charge in [-0.2, -0.15) is 0 Å². The summed E-state index contributed by atoms with van der Waals surface area (Å²) in [5.74, 6) is 1.14. The van der Waals surface area contributed by atoms with Crippen molar-refractivity contribution in [3.8, 4) is 17.1 Å². The fraction of sp³-hybridized carbons (Fsp3) is 0.179. The number of carbonyl (C=O) groups is 1. The Morgan fingerprint density at radius 1 is 1.07 bits per heavy atom. The quantitative estimate of drug-likeness (QED) is 0.225. The van der Waals surface area contributed by atoms with E-state index >= 15 is 0 Å². The van der Waals surface area contributed by atoms with E-state index in [0.29, 0.717) is 33.6 Å². The molecule has 2 atom stereocenters. The summed E-state index contributed by atoms with van der Waals surface area (Å²) in [6.45, 7) is 0. The first kappa shape index (κ1) is 27.2. The van der Waals surface area contributed by atoms with Crippen molar-refractivity contribution in [2.24, 2.45) is 0 Å². The number of rotatable bonds is 8. The molecule has 0 spiro atoms. The molecule has 0 amide bonds. The minimum atomic E-state index is -3.58. The molecule has 10 nitrogen and oxygen atoms in total. The fourth-order valence-corrected chi connectivity index (χ4v) is 5.51. The number of nitrogens with zero attached hydrogens (tertiary/aromatic N) is 2. The number of furan rings is 1. The van der Waals surface area contributed by atoms with Crippen LogP contribution in [0.3, 0.4) is 0 Å². The maximum atomic E-state index is 12.0. The zero-order valence-corrected chi connectivity index (χ0v) is 23.5. The van der Waals surface area contributed by atoms with Gasteiger partial charge in [0.05, 0.1) is 43.5 Å². The summed E-state index contributed by atoms with van der Waals surface area (Å²) >= 11 is 5.77. The second kappa shape index (κ2) is 11.0. The van der Waals surface area contributed by atoms with Gasteiger partial charge in [0.15, 0.2) is 5.11 Å². The van der Waals surface area contributed by atoms with Gasteiger partial charge in [0, 0.05) is 17.4 Å². The molecule has 1 aliphatic heterocycles. The van der Waals surface area contributed by atoms with E-state index in [1.807, 2.05) is 35.2 Å². The van der Waals surface area contributed by atoms with Crippen molar-refractivity contribution >= 4 is 44.7 Å². The van der Waals surface area contributed by atoms with Crippen LogP contribution in [0.2, 0.25) is 0 Å². The van der Waals surface area contributed by atoms with Crippen LogP contribution < -0.4 is 19.7 Å². The second-order valence-electron chi connectivity index (χ2n) is 9.03. The molecule has 0 radical (unpaired) electrons. The van der Waals surface area contributed by atoms with Crippen LogP contribution in [0.4, 0.5) is 11.4 Å². The van der Waals surface area contributed by atoms with E-state index < -0.39 is 22.0 Å². The summed E-state index contributed by atoms with van der Waals surface area (Å²) in [6.07, 6.45) is 2.78. The number of hydrogen-bond acceptors (Lipinski definition) is 8. The van der Waals surface area contributed by atoms with E-state index in [2.05, 4.69) is 15.0 Å². The Labute approximate surface area is 237 Å². The summed E-state index contributed by atoms with van der Waals surface area (Å²) < 4.78 is 43.1. The number of nitrogens with one attached hydrogen (secondary N) is 2. The molecular formula is C28H26N4O6S2. The SMILES string of the molecule is COC(=O)c1ccc(-c2ccc([C@H]3[C@@H](c4ccccn4)NC(=S)N3c3ccc(OC)c(NS(C)(=O)=O)c3)o2)cc1. The first-order chi connectivity index (χ1) is 19.2. The van der Waals surface area contributed by atoms with Gasteiger partial charge in [-0.25, -0.2) is 13.2 Å². The topological polar surface area (TPSA) is 123 Å². The molecule has 0 aliphatic carbocycles. The zero-order chi connectivity index (χ0) is 28.4. The van der Waals surface area contributed by atoms with E-state index in [1.165, 1.54) is 14.2 Å². The van der Waals surface area contributed by atoms with Crippen molar-refractivity contribution in [1.82, 2.24) is 10.3 Å². The number of benzene rings is 2. The predicted octanol–water partition coefficient (Wildman–Crippen LogP) is 4.69. The molecule has 2 aromatic carbocycles. The van der Waals surface area contributed by atoms with Crippen LogP contribution in [0.5, 0.6) is 5.75 Å². The van der Waals surface area contributed by atoms with Crippen LogP contribution in [0.25, 0.3) is 11.3 Å². The number of aromatic nitrogens is 1. The number of thiocarbonyl (C=S) groups is 1. The van der Waals surface area contributed by atoms with Crippen LogP contribution in [-0.2, 0) is 14.8 Å². The Bertz CT molecular complexity index is 1660. The molecule has 0 saturated carbocycles. The van der Waals surface area contributed by atoms with E-state index in [4.69, 9.17) is 26.1 Å². The third-order valence-corrected chi connectivity index (χ3v) is 7.27. The van der Waals surface area contributed by atoms with Gasteiger partial charge >= 0.3 is 5.97 Å². The first-order valence-electron chi connectivity index (χ1n) is 12.1. The Morgan fingerprint density at radius 2 is 1.85 bits per heavy atom. The van der Waals surface area contributed by atoms with E-state index in [0.717, 1.165) is 17.5 Å². The summed E-state index contributed by atoms with van der Waals surface area (Å²) in [6, 6.07) is 20.5. The fourth-order valence-electron chi connectivity index (χ4n) is 4.60. The number of carbonyl (C=O) groups excluding carboxylic acids is 1. The van der Waals surface area contributed by atoms with Gasteiger partial charge in [0.1, 0.15) is 23.3 Å². The maximum absolute atomic E-state index is 12.0. The number of methoxy groups -OCH3 is 2. The van der Waals surface area contributed by atoms with Crippen molar-refractivity contribution in [3.05, 3.63) is 96.0 Å². The lowest BCUT2D eigenvalue weighted by Crippen LogP contribution is -2.29. The molecule has 12 heteroatoms. The highest BCUT2D eigenvalue weighted by molar-refractivity contribution is 7.92. The predicted molar refractivity (Wildman–Crippen MR) is 155 cm³/mol. The molecule has 206 valence electrons. The van der Waals surface area contributed by atoms with E-state index in [1.54, 1.807) is 48.7 Å². The van der Waals surface area contributed by atoms with Crippen molar-refractivity contribution in [2.75, 3.05) is 30.1 Å². The van der Waals surface area contributed by atoms with Gasteiger partial charge < -0.3 is 24.1 Å². The van der Waals surface area contributed by atoms with Crippen molar-refractivity contribution < 1.29 is 27.1 Å². The highest BCUT2D eigenvalue weighted by atomic mass is 32.2. The number of sulfonamides is 1. The molecule has 4 aromatic rings. The molecule has 2 aromatic heterocycles. The lowest BCUT2D eigenvalue weighted by Gasteiger charge is -2.27. The molecule has 40 heavy (non-hydrogen) atoms. The van der Waals surface area contributed by atoms with Crippen LogP contribution in [0, 0.1) is 0 Å². The third kappa shape index (κ3) is 5.49. The largest absolute Gasteiger partial charge is 0.495 e. The molecule has 3 heterocycles. The second-order valence-corrected chi connectivity index (χ2v) is 11.2. The summed E-state index contributed by atoms with van der Waals surface area (Å²) in [4.78, 5) is 18.2. The monoisotopic (exact) mass is 578 g/mol. The molecule has 1 fully saturated rings. The molecule has 1 aliphatic rings. The zero-order valence-electron chi connectivity index (χ0n) is 21.8. The Kier molecular flexibility index (Phi) is 7.46. The molecular weight excluding hydrogens is 552 g/mol. The van der Waals surface area contributed by atoms with Crippen LogP contribution in [0.1, 0.15) is 33.9 Å². The molecule has 5 rings (SSSR count). The minimum absolute atomic E-state index is 0.274. The summed E-state index contributed by atoms with van der Waals surface area (Å²) in [5.41, 5.74) is 2.85. The lowest BCUT2D eigenvalue weighted by molar-refractivity contribution is 0.0600. The first-order valence-corrected chi connectivity index (χ1v) is 14.4. The van der Waals surface area contributed by atoms with Gasteiger partial charge in [-0.15, -0.1) is 0 Å². The third-order valence-electron chi connectivity index (χ3n) is 6.36. The average molecular weight is 579 g/mol. The van der Waals surface area contributed by atoms with Gasteiger partial charge in [0.2, 0.25) is 10.0 Å². The number of hydrogen-bond donors (Lipinski definition) is 2. The Hall–Kier alpha value is -4.42. The number of anilines is 2. The number of pyridine rings is 1. The smallest absolute Gasteiger partial charge is 0.337 e. The molecule has 0 unspecified atom stereocenters. The van der Waals surface area contributed by atoms with E-state index in [9.17, 15) is 13.2 Å². The molecule has 0 bridgehead atoms. The van der Waals surface area contributed by atoms with Crippen LogP contribution >= 0.6 is 12.2 Å². The van der Waals surface area contributed by atoms with Gasteiger partial charge in [-0.1, -0.05) is 18.2 Å². The summed E-state index contributed by atoms with van der Waals surface area (Å²) in [5, 5.41) is 3.77. The van der Waals surface area contributed by atoms with Crippen molar-refractivity contribution in [2.45, 2.75) is 12.1 Å². The van der Waals surface area contributed by atoms with Crippen LogP contribution in [0.15, 0.2) is 83.4 Å². The lowest BCUT2D eigenvalue weighted by atomic mass is 10.0.